The summed E-state index contributed by atoms with van der Waals surface area (Å²) in [4.78, 5) is 25.6. The molecule has 0 bridgehead atoms. The minimum absolute atomic E-state index is 0.160. The third-order valence-corrected chi connectivity index (χ3v) is 4.92. The van der Waals surface area contributed by atoms with Crippen molar-refractivity contribution in [3.8, 4) is 0 Å². The molecule has 6 nitrogen and oxygen atoms in total. The first-order valence-corrected chi connectivity index (χ1v) is 8.18. The Morgan fingerprint density at radius 2 is 1.86 bits per heavy atom. The van der Waals surface area contributed by atoms with Crippen molar-refractivity contribution < 1.29 is 36.1 Å². The van der Waals surface area contributed by atoms with Crippen molar-refractivity contribution in [2.45, 2.75) is 12.1 Å². The molecule has 1 N–H and O–H groups in total. The summed E-state index contributed by atoms with van der Waals surface area (Å²) in [5, 5.41) is 5.60. The Morgan fingerprint density at radius 1 is 1.18 bits per heavy atom. The number of aromatic nitrogens is 1. The summed E-state index contributed by atoms with van der Waals surface area (Å²) >= 11 is 0. The predicted octanol–water partition coefficient (Wildman–Crippen LogP) is 3.28. The maximum absolute atomic E-state index is 13.3. The molecule has 2 atom stereocenters. The van der Waals surface area contributed by atoms with E-state index < -0.39 is 41.3 Å². The van der Waals surface area contributed by atoms with Gasteiger partial charge in [-0.2, -0.15) is 13.2 Å². The number of nitrogens with zero attached hydrogens (tertiary/aromatic N) is 2. The smallest absolute Gasteiger partial charge is 0.364 e. The van der Waals surface area contributed by atoms with Crippen molar-refractivity contribution in [3.05, 3.63) is 47.3 Å². The van der Waals surface area contributed by atoms with Gasteiger partial charge in [0.15, 0.2) is 5.69 Å². The van der Waals surface area contributed by atoms with Crippen LogP contribution in [-0.4, -0.2) is 40.9 Å². The molecule has 2 aliphatic rings. The van der Waals surface area contributed by atoms with Gasteiger partial charge in [-0.15, -0.1) is 0 Å². The fourth-order valence-corrected chi connectivity index (χ4v) is 3.37. The van der Waals surface area contributed by atoms with Crippen LogP contribution in [0.1, 0.15) is 26.4 Å². The molecule has 4 rings (SSSR count). The van der Waals surface area contributed by atoms with Crippen molar-refractivity contribution in [1.29, 1.82) is 0 Å². The Kier molecular flexibility index (Phi) is 3.95. The number of halogens is 5. The van der Waals surface area contributed by atoms with Crippen LogP contribution < -0.4 is 5.32 Å². The van der Waals surface area contributed by atoms with Crippen molar-refractivity contribution >= 4 is 17.5 Å². The number of amides is 2. The lowest BCUT2D eigenvalue weighted by Crippen LogP contribution is -2.33. The molecule has 0 spiro atoms. The number of nitrogens with one attached hydrogen (secondary N) is 1. The van der Waals surface area contributed by atoms with Crippen LogP contribution in [0.25, 0.3) is 0 Å². The van der Waals surface area contributed by atoms with E-state index in [1.165, 1.54) is 6.07 Å². The average Bonchev–Trinajstić information content (AvgIpc) is 3.12. The Morgan fingerprint density at radius 3 is 2.43 bits per heavy atom. The summed E-state index contributed by atoms with van der Waals surface area (Å²) < 4.78 is 70.7. The molecule has 1 aromatic carbocycles. The Balaban J connectivity index is 1.60. The number of anilines is 1. The number of likely N-dealkylation sites (tertiary alicyclic amines) is 1. The van der Waals surface area contributed by atoms with Crippen LogP contribution in [0.5, 0.6) is 0 Å². The summed E-state index contributed by atoms with van der Waals surface area (Å²) in [6.45, 7) is -0.430. The number of rotatable bonds is 3. The molecule has 2 unspecified atom stereocenters. The summed E-state index contributed by atoms with van der Waals surface area (Å²) in [6.07, 6.45) is -3.66. The van der Waals surface area contributed by atoms with Gasteiger partial charge in [0.2, 0.25) is 0 Å². The number of piperidine rings is 1. The average molecular weight is 401 g/mol. The Hall–Kier alpha value is -2.98. The van der Waals surface area contributed by atoms with Crippen LogP contribution in [0.3, 0.4) is 0 Å². The normalized spacial score (nSPS) is 22.7. The van der Waals surface area contributed by atoms with Crippen molar-refractivity contribution in [2.24, 2.45) is 11.8 Å². The van der Waals surface area contributed by atoms with Gasteiger partial charge in [0.1, 0.15) is 6.26 Å². The molecule has 0 radical (unpaired) electrons. The van der Waals surface area contributed by atoms with E-state index in [1.807, 2.05) is 0 Å². The minimum Gasteiger partial charge on any atom is -0.364 e. The number of fused-ring (bicyclic) bond motifs is 1. The summed E-state index contributed by atoms with van der Waals surface area (Å²) in [5.74, 6) is -6.34. The summed E-state index contributed by atoms with van der Waals surface area (Å²) in [6, 6.07) is 3.59. The molecule has 1 aromatic heterocycles. The van der Waals surface area contributed by atoms with Crippen LogP contribution in [0.4, 0.5) is 27.6 Å². The van der Waals surface area contributed by atoms with Crippen molar-refractivity contribution in [3.63, 3.8) is 0 Å². The second-order valence-electron chi connectivity index (χ2n) is 6.73. The zero-order valence-electron chi connectivity index (χ0n) is 14.0. The van der Waals surface area contributed by atoms with Gasteiger partial charge in [0.25, 0.3) is 17.7 Å². The van der Waals surface area contributed by atoms with E-state index in [0.717, 1.165) is 17.2 Å². The van der Waals surface area contributed by atoms with E-state index >= 15 is 0 Å². The standard InChI is InChI=1S/C17H12F5N3O3/c18-16(19)11-6-25(7-12(11)16)15(27)8-3-9(17(20,21)22)5-10(4-8)23-14(26)13-1-2-28-24-13/h1-5,11-12H,6-7H2,(H,23,26). The molecule has 11 heteroatoms. The van der Waals surface area contributed by atoms with Gasteiger partial charge < -0.3 is 14.7 Å². The molecular weight excluding hydrogens is 389 g/mol. The summed E-state index contributed by atoms with van der Waals surface area (Å²) in [7, 11) is 0. The van der Waals surface area contributed by atoms with Gasteiger partial charge in [-0.25, -0.2) is 8.78 Å². The highest BCUT2D eigenvalue weighted by Gasteiger charge is 2.72. The van der Waals surface area contributed by atoms with Crippen LogP contribution in [0.15, 0.2) is 35.1 Å². The van der Waals surface area contributed by atoms with E-state index in [2.05, 4.69) is 15.0 Å². The zero-order valence-corrected chi connectivity index (χ0v) is 14.0. The fraction of sp³-hybridized carbons (Fsp3) is 0.353. The topological polar surface area (TPSA) is 75.4 Å². The van der Waals surface area contributed by atoms with Crippen LogP contribution in [0, 0.1) is 11.8 Å². The van der Waals surface area contributed by atoms with E-state index in [4.69, 9.17) is 0 Å². The van der Waals surface area contributed by atoms with Crippen molar-refractivity contribution in [1.82, 2.24) is 10.1 Å². The second-order valence-corrected chi connectivity index (χ2v) is 6.73. The molecule has 1 saturated heterocycles. The first-order valence-electron chi connectivity index (χ1n) is 8.18. The second kappa shape index (κ2) is 6.01. The highest BCUT2D eigenvalue weighted by molar-refractivity contribution is 6.04. The predicted molar refractivity (Wildman–Crippen MR) is 83.7 cm³/mol. The van der Waals surface area contributed by atoms with Gasteiger partial charge in [-0.05, 0) is 18.2 Å². The maximum Gasteiger partial charge on any atom is 0.416 e. The zero-order chi connectivity index (χ0) is 20.3. The molecule has 1 saturated carbocycles. The number of alkyl halides is 5. The first-order chi connectivity index (χ1) is 13.1. The van der Waals surface area contributed by atoms with Gasteiger partial charge in [0, 0.05) is 30.4 Å². The SMILES string of the molecule is O=C(Nc1cc(C(=O)N2CC3C(C2)C3(F)F)cc(C(F)(F)F)c1)c1ccon1. The number of hydrogen-bond donors (Lipinski definition) is 1. The Bertz CT molecular complexity index is 928. The maximum atomic E-state index is 13.3. The highest BCUT2D eigenvalue weighted by atomic mass is 19.4. The third-order valence-electron chi connectivity index (χ3n) is 4.92. The molecule has 2 fully saturated rings. The number of carbonyl (C=O) groups excluding carboxylic acids is 2. The van der Waals surface area contributed by atoms with Gasteiger partial charge in [0.05, 0.1) is 17.4 Å². The van der Waals surface area contributed by atoms with Crippen molar-refractivity contribution in [2.75, 3.05) is 18.4 Å². The molecule has 2 heterocycles. The lowest BCUT2D eigenvalue weighted by molar-refractivity contribution is -0.137. The molecule has 1 aliphatic carbocycles. The number of benzene rings is 1. The molecule has 28 heavy (non-hydrogen) atoms. The van der Waals surface area contributed by atoms with E-state index in [-0.39, 0.29) is 30.0 Å². The van der Waals surface area contributed by atoms with Gasteiger partial charge in [-0.1, -0.05) is 5.16 Å². The van der Waals surface area contributed by atoms with E-state index in [9.17, 15) is 31.5 Å². The van der Waals surface area contributed by atoms with E-state index in [0.29, 0.717) is 12.1 Å². The number of carbonyl (C=O) groups is 2. The largest absolute Gasteiger partial charge is 0.416 e. The first kappa shape index (κ1) is 18.4. The summed E-state index contributed by atoms with van der Waals surface area (Å²) in [5.41, 5.74) is -1.94. The van der Waals surface area contributed by atoms with Gasteiger partial charge in [-0.3, -0.25) is 9.59 Å². The van der Waals surface area contributed by atoms with Gasteiger partial charge >= 0.3 is 6.18 Å². The number of hydrogen-bond acceptors (Lipinski definition) is 4. The monoisotopic (exact) mass is 401 g/mol. The molecule has 2 amide bonds. The molecule has 148 valence electrons. The molecule has 1 aliphatic heterocycles. The molecule has 2 aromatic rings. The lowest BCUT2D eigenvalue weighted by Gasteiger charge is -2.21. The Labute approximate surface area is 154 Å². The van der Waals surface area contributed by atoms with Crippen LogP contribution in [0.2, 0.25) is 0 Å². The fourth-order valence-electron chi connectivity index (χ4n) is 3.37. The minimum atomic E-state index is -4.77. The third kappa shape index (κ3) is 3.10. The van der Waals surface area contributed by atoms with E-state index in [1.54, 1.807) is 0 Å². The lowest BCUT2D eigenvalue weighted by atomic mass is 10.1. The quantitative estimate of drug-likeness (QED) is 0.801. The molecular formula is C17H12F5N3O3. The highest BCUT2D eigenvalue weighted by Crippen LogP contribution is 2.59. The van der Waals surface area contributed by atoms with Crippen LogP contribution >= 0.6 is 0 Å². The van der Waals surface area contributed by atoms with Crippen LogP contribution in [-0.2, 0) is 6.18 Å².